The van der Waals surface area contributed by atoms with Crippen LogP contribution >= 0.6 is 15.9 Å². The van der Waals surface area contributed by atoms with Crippen LogP contribution in [0.5, 0.6) is 0 Å². The number of nitrogen functional groups attached to an aromatic ring is 1. The number of nitrogens with zero attached hydrogens (tertiary/aromatic N) is 2. The van der Waals surface area contributed by atoms with E-state index >= 15 is 0 Å². The highest BCUT2D eigenvalue weighted by Crippen LogP contribution is 2.14. The second-order valence-electron chi connectivity index (χ2n) is 4.27. The molecule has 5 heteroatoms. The van der Waals surface area contributed by atoms with Crippen molar-refractivity contribution in [3.05, 3.63) is 58.3 Å². The molecule has 2 rings (SSSR count). The van der Waals surface area contributed by atoms with Crippen LogP contribution in [0.2, 0.25) is 0 Å². The summed E-state index contributed by atoms with van der Waals surface area (Å²) in [6.07, 6.45) is 1.54. The molecule has 0 aliphatic rings. The van der Waals surface area contributed by atoms with Gasteiger partial charge in [-0.15, -0.1) is 0 Å². The Morgan fingerprint density at radius 1 is 1.37 bits per heavy atom. The molecule has 1 heterocycles. The Labute approximate surface area is 120 Å². The molecule has 0 spiro atoms. The average molecular weight is 320 g/mol. The smallest absolute Gasteiger partial charge is 0.272 e. The standard InChI is InChI=1S/C14H14BrN3O/c1-18(9-10-3-2-4-11(15)7-10)14(19)13-8-12(16)5-6-17-13/h2-8H,9H2,1H3,(H2,16,17). The zero-order valence-corrected chi connectivity index (χ0v) is 12.1. The molecule has 0 unspecified atom stereocenters. The van der Waals surface area contributed by atoms with E-state index in [1.54, 1.807) is 24.1 Å². The second kappa shape index (κ2) is 5.84. The summed E-state index contributed by atoms with van der Waals surface area (Å²) >= 11 is 3.41. The molecule has 0 aliphatic heterocycles. The second-order valence-corrected chi connectivity index (χ2v) is 5.18. The Hall–Kier alpha value is -1.88. The van der Waals surface area contributed by atoms with E-state index in [-0.39, 0.29) is 5.91 Å². The van der Waals surface area contributed by atoms with Crippen molar-refractivity contribution in [3.63, 3.8) is 0 Å². The first-order chi connectivity index (χ1) is 9.06. The molecule has 0 saturated carbocycles. The van der Waals surface area contributed by atoms with E-state index in [4.69, 9.17) is 5.73 Å². The average Bonchev–Trinajstić information content (AvgIpc) is 2.38. The quantitative estimate of drug-likeness (QED) is 0.946. The van der Waals surface area contributed by atoms with Crippen molar-refractivity contribution in [2.24, 2.45) is 0 Å². The third kappa shape index (κ3) is 3.54. The number of nitrogens with two attached hydrogens (primary N) is 1. The molecule has 2 N–H and O–H groups in total. The molecule has 0 radical (unpaired) electrons. The van der Waals surface area contributed by atoms with Gasteiger partial charge in [0.25, 0.3) is 5.91 Å². The minimum Gasteiger partial charge on any atom is -0.399 e. The summed E-state index contributed by atoms with van der Waals surface area (Å²) < 4.78 is 0.993. The first kappa shape index (κ1) is 13.5. The molecular weight excluding hydrogens is 306 g/mol. The van der Waals surface area contributed by atoms with Crippen LogP contribution in [0.3, 0.4) is 0 Å². The van der Waals surface area contributed by atoms with Crippen molar-refractivity contribution in [1.29, 1.82) is 0 Å². The van der Waals surface area contributed by atoms with Gasteiger partial charge in [0, 0.05) is 29.9 Å². The Balaban J connectivity index is 2.12. The van der Waals surface area contributed by atoms with Crippen molar-refractivity contribution < 1.29 is 4.79 Å². The normalized spacial score (nSPS) is 10.2. The third-order valence-electron chi connectivity index (χ3n) is 2.66. The molecule has 0 atom stereocenters. The lowest BCUT2D eigenvalue weighted by Crippen LogP contribution is -2.27. The van der Waals surface area contributed by atoms with Gasteiger partial charge in [-0.25, -0.2) is 0 Å². The van der Waals surface area contributed by atoms with E-state index in [2.05, 4.69) is 20.9 Å². The van der Waals surface area contributed by atoms with Crippen LogP contribution in [-0.2, 0) is 6.54 Å². The molecule has 1 aromatic carbocycles. The van der Waals surface area contributed by atoms with Crippen LogP contribution in [0.25, 0.3) is 0 Å². The number of pyridine rings is 1. The molecule has 0 saturated heterocycles. The van der Waals surface area contributed by atoms with Crippen LogP contribution in [0.1, 0.15) is 16.1 Å². The van der Waals surface area contributed by atoms with E-state index in [0.29, 0.717) is 17.9 Å². The van der Waals surface area contributed by atoms with Crippen molar-refractivity contribution >= 4 is 27.5 Å². The van der Waals surface area contributed by atoms with Crippen molar-refractivity contribution in [1.82, 2.24) is 9.88 Å². The van der Waals surface area contributed by atoms with Gasteiger partial charge in [-0.2, -0.15) is 0 Å². The number of rotatable bonds is 3. The zero-order valence-electron chi connectivity index (χ0n) is 10.5. The van der Waals surface area contributed by atoms with Gasteiger partial charge in [-0.3, -0.25) is 9.78 Å². The minimum atomic E-state index is -0.146. The predicted octanol–water partition coefficient (Wildman–Crippen LogP) is 2.70. The first-order valence-corrected chi connectivity index (χ1v) is 6.57. The van der Waals surface area contributed by atoms with E-state index in [1.165, 1.54) is 6.20 Å². The SMILES string of the molecule is CN(Cc1cccc(Br)c1)C(=O)c1cc(N)ccn1. The Morgan fingerprint density at radius 3 is 2.84 bits per heavy atom. The van der Waals surface area contributed by atoms with Gasteiger partial charge in [-0.05, 0) is 29.8 Å². The molecule has 98 valence electrons. The topological polar surface area (TPSA) is 59.2 Å². The van der Waals surface area contributed by atoms with Crippen molar-refractivity contribution in [2.75, 3.05) is 12.8 Å². The van der Waals surface area contributed by atoms with Gasteiger partial charge >= 0.3 is 0 Å². The predicted molar refractivity (Wildman–Crippen MR) is 78.6 cm³/mol. The number of aromatic nitrogens is 1. The molecule has 19 heavy (non-hydrogen) atoms. The summed E-state index contributed by atoms with van der Waals surface area (Å²) in [5, 5.41) is 0. The zero-order chi connectivity index (χ0) is 13.8. The molecule has 0 fully saturated rings. The minimum absolute atomic E-state index is 0.146. The van der Waals surface area contributed by atoms with Gasteiger partial charge in [-0.1, -0.05) is 28.1 Å². The molecule has 1 amide bonds. The number of benzene rings is 1. The van der Waals surface area contributed by atoms with E-state index in [0.717, 1.165) is 10.0 Å². The number of halogens is 1. The number of amides is 1. The molecule has 4 nitrogen and oxygen atoms in total. The number of carbonyl (C=O) groups excluding carboxylic acids is 1. The Bertz CT molecular complexity index is 601. The molecular formula is C14H14BrN3O. The Morgan fingerprint density at radius 2 is 2.16 bits per heavy atom. The third-order valence-corrected chi connectivity index (χ3v) is 3.15. The lowest BCUT2D eigenvalue weighted by Gasteiger charge is -2.17. The fourth-order valence-corrected chi connectivity index (χ4v) is 2.19. The van der Waals surface area contributed by atoms with Crippen LogP contribution in [-0.4, -0.2) is 22.8 Å². The maximum atomic E-state index is 12.2. The largest absolute Gasteiger partial charge is 0.399 e. The summed E-state index contributed by atoms with van der Waals surface area (Å²) in [7, 11) is 1.74. The lowest BCUT2D eigenvalue weighted by atomic mass is 10.2. The van der Waals surface area contributed by atoms with Crippen LogP contribution < -0.4 is 5.73 Å². The highest BCUT2D eigenvalue weighted by atomic mass is 79.9. The fourth-order valence-electron chi connectivity index (χ4n) is 1.74. The summed E-state index contributed by atoms with van der Waals surface area (Å²) in [6.45, 7) is 0.523. The first-order valence-electron chi connectivity index (χ1n) is 5.77. The monoisotopic (exact) mass is 319 g/mol. The maximum absolute atomic E-state index is 12.2. The van der Waals surface area contributed by atoms with Gasteiger partial charge in [0.2, 0.25) is 0 Å². The highest BCUT2D eigenvalue weighted by molar-refractivity contribution is 9.10. The van der Waals surface area contributed by atoms with Gasteiger partial charge in [0.05, 0.1) is 0 Å². The highest BCUT2D eigenvalue weighted by Gasteiger charge is 2.13. The molecule has 1 aromatic heterocycles. The summed E-state index contributed by atoms with van der Waals surface area (Å²) in [6, 6.07) is 11.1. The van der Waals surface area contributed by atoms with Crippen LogP contribution in [0, 0.1) is 0 Å². The summed E-state index contributed by atoms with van der Waals surface area (Å²) in [4.78, 5) is 17.8. The molecule has 2 aromatic rings. The maximum Gasteiger partial charge on any atom is 0.272 e. The van der Waals surface area contributed by atoms with Crippen LogP contribution in [0.4, 0.5) is 5.69 Å². The number of carbonyl (C=O) groups is 1. The van der Waals surface area contributed by atoms with E-state index in [1.807, 2.05) is 24.3 Å². The van der Waals surface area contributed by atoms with Crippen molar-refractivity contribution in [3.8, 4) is 0 Å². The van der Waals surface area contributed by atoms with Gasteiger partial charge in [0.15, 0.2) is 0 Å². The number of hydrogen-bond acceptors (Lipinski definition) is 3. The summed E-state index contributed by atoms with van der Waals surface area (Å²) in [5.41, 5.74) is 7.60. The summed E-state index contributed by atoms with van der Waals surface area (Å²) in [5.74, 6) is -0.146. The van der Waals surface area contributed by atoms with E-state index < -0.39 is 0 Å². The lowest BCUT2D eigenvalue weighted by molar-refractivity contribution is 0.0779. The van der Waals surface area contributed by atoms with Gasteiger partial charge in [0.1, 0.15) is 5.69 Å². The fraction of sp³-hybridized carbons (Fsp3) is 0.143. The Kier molecular flexibility index (Phi) is 4.16. The number of anilines is 1. The molecule has 0 aliphatic carbocycles. The number of hydrogen-bond donors (Lipinski definition) is 1. The molecule has 0 bridgehead atoms. The van der Waals surface area contributed by atoms with E-state index in [9.17, 15) is 4.79 Å². The van der Waals surface area contributed by atoms with Gasteiger partial charge < -0.3 is 10.6 Å². The van der Waals surface area contributed by atoms with Crippen LogP contribution in [0.15, 0.2) is 47.1 Å². The van der Waals surface area contributed by atoms with Crippen molar-refractivity contribution in [2.45, 2.75) is 6.54 Å².